The molecule has 0 atom stereocenters. The predicted molar refractivity (Wildman–Crippen MR) is 135 cm³/mol. The third kappa shape index (κ3) is 3.17. The molecule has 2 aromatic carbocycles. The first-order chi connectivity index (χ1) is 15.9. The van der Waals surface area contributed by atoms with Crippen LogP contribution in [0.15, 0.2) is 35.3 Å². The Morgan fingerprint density at radius 1 is 1.12 bits per heavy atom. The maximum Gasteiger partial charge on any atom is 0.195 e. The zero-order valence-electron chi connectivity index (χ0n) is 19.9. The zero-order chi connectivity index (χ0) is 22.9. The van der Waals surface area contributed by atoms with Crippen molar-refractivity contribution in [2.45, 2.75) is 51.6 Å². The zero-order valence-corrected chi connectivity index (χ0v) is 19.9. The summed E-state index contributed by atoms with van der Waals surface area (Å²) < 4.78 is 0. The molecule has 1 saturated carbocycles. The number of piperazine rings is 1. The third-order valence-electron chi connectivity index (χ3n) is 7.98. The van der Waals surface area contributed by atoms with E-state index >= 15 is 0 Å². The number of aryl methyl sites for hydroxylation is 1. The van der Waals surface area contributed by atoms with Crippen LogP contribution in [0.4, 0.5) is 5.69 Å². The highest BCUT2D eigenvalue weighted by Crippen LogP contribution is 2.45. The average Bonchev–Trinajstić information content (AvgIpc) is 3.58. The van der Waals surface area contributed by atoms with Gasteiger partial charge in [-0.15, -0.1) is 0 Å². The van der Waals surface area contributed by atoms with Gasteiger partial charge in [-0.3, -0.25) is 14.7 Å². The summed E-state index contributed by atoms with van der Waals surface area (Å²) in [4.78, 5) is 26.6. The minimum Gasteiger partial charge on any atom is -0.369 e. The molecule has 5 heteroatoms. The van der Waals surface area contributed by atoms with Crippen LogP contribution >= 0.6 is 0 Å². The molecule has 0 unspecified atom stereocenters. The molecule has 3 aromatic rings. The Bertz CT molecular complexity index is 1290. The fourth-order valence-electron chi connectivity index (χ4n) is 5.96. The van der Waals surface area contributed by atoms with Gasteiger partial charge in [-0.1, -0.05) is 26.0 Å². The van der Waals surface area contributed by atoms with Gasteiger partial charge in [-0.25, -0.2) is 0 Å². The monoisotopic (exact) mass is 440 g/mol. The molecule has 0 spiro atoms. The first-order valence-electron chi connectivity index (χ1n) is 12.1. The molecule has 0 radical (unpaired) electrons. The van der Waals surface area contributed by atoms with Gasteiger partial charge >= 0.3 is 0 Å². The first kappa shape index (κ1) is 20.7. The number of rotatable bonds is 4. The first-order valence-corrected chi connectivity index (χ1v) is 12.1. The lowest BCUT2D eigenvalue weighted by atomic mass is 9.70. The lowest BCUT2D eigenvalue weighted by Gasteiger charge is -2.39. The number of ketones is 1. The molecule has 2 heterocycles. The standard InChI is InChI=1S/C28H32N4O/c1-17-13-21-22(15-24(17)32-11-9-31(10-12-32)19-6-7-19)28(2,3)27-25(26(21)33)20-8-5-18(16-29-4)14-23(20)30-27/h5,8,13-15,19,30H,4,6-7,9-12,16H2,1-3H3. The normalized spacial score (nSPS) is 20.1. The van der Waals surface area contributed by atoms with Crippen molar-refractivity contribution in [1.82, 2.24) is 9.88 Å². The predicted octanol–water partition coefficient (Wildman–Crippen LogP) is 4.83. The number of hydrogen-bond acceptors (Lipinski definition) is 4. The molecule has 2 fully saturated rings. The van der Waals surface area contributed by atoms with Crippen molar-refractivity contribution in [3.8, 4) is 0 Å². The van der Waals surface area contributed by atoms with E-state index in [0.717, 1.165) is 71.1 Å². The summed E-state index contributed by atoms with van der Waals surface area (Å²) >= 11 is 0. The van der Waals surface area contributed by atoms with Gasteiger partial charge in [0.15, 0.2) is 5.78 Å². The number of H-pyrrole nitrogens is 1. The number of aromatic nitrogens is 1. The lowest BCUT2D eigenvalue weighted by Crippen LogP contribution is -2.47. The number of benzene rings is 2. The van der Waals surface area contributed by atoms with Crippen LogP contribution in [0.25, 0.3) is 10.9 Å². The quantitative estimate of drug-likeness (QED) is 0.591. The van der Waals surface area contributed by atoms with Gasteiger partial charge in [0.25, 0.3) is 0 Å². The summed E-state index contributed by atoms with van der Waals surface area (Å²) in [5.41, 5.74) is 8.12. The highest BCUT2D eigenvalue weighted by molar-refractivity contribution is 6.20. The number of nitrogens with zero attached hydrogens (tertiary/aromatic N) is 3. The SMILES string of the molecule is C=NCc1ccc2c3c([nH]c2c1)C(C)(C)c1cc(N2CCN(C4CC4)CC2)c(C)cc1C3=O. The van der Waals surface area contributed by atoms with Crippen LogP contribution in [-0.4, -0.2) is 54.6 Å². The molecule has 2 aliphatic carbocycles. The van der Waals surface area contributed by atoms with E-state index in [9.17, 15) is 4.79 Å². The van der Waals surface area contributed by atoms with Crippen molar-refractivity contribution in [2.75, 3.05) is 31.1 Å². The van der Waals surface area contributed by atoms with E-state index in [0.29, 0.717) is 6.54 Å². The van der Waals surface area contributed by atoms with E-state index in [1.807, 2.05) is 0 Å². The Hall–Kier alpha value is -2.92. The summed E-state index contributed by atoms with van der Waals surface area (Å²) in [6.45, 7) is 15.2. The number of carbonyl (C=O) groups excluding carboxylic acids is 1. The van der Waals surface area contributed by atoms with E-state index in [2.05, 4.69) is 77.6 Å². The van der Waals surface area contributed by atoms with Crippen LogP contribution in [0.5, 0.6) is 0 Å². The van der Waals surface area contributed by atoms with Crippen LogP contribution < -0.4 is 4.90 Å². The van der Waals surface area contributed by atoms with Gasteiger partial charge in [0.05, 0.1) is 12.1 Å². The van der Waals surface area contributed by atoms with Gasteiger partial charge in [0.2, 0.25) is 0 Å². The van der Waals surface area contributed by atoms with E-state index in [4.69, 9.17) is 0 Å². The third-order valence-corrected chi connectivity index (χ3v) is 7.98. The molecule has 6 rings (SSSR count). The Morgan fingerprint density at radius 3 is 2.58 bits per heavy atom. The second-order valence-electron chi connectivity index (χ2n) is 10.5. The summed E-state index contributed by atoms with van der Waals surface area (Å²) in [6, 6.07) is 11.5. The molecule has 0 bridgehead atoms. The lowest BCUT2D eigenvalue weighted by molar-refractivity contribution is 0.103. The van der Waals surface area contributed by atoms with Gasteiger partial charge < -0.3 is 9.88 Å². The fraction of sp³-hybridized carbons (Fsp3) is 0.429. The van der Waals surface area contributed by atoms with Crippen molar-refractivity contribution in [1.29, 1.82) is 0 Å². The number of nitrogens with one attached hydrogen (secondary N) is 1. The molecule has 1 saturated heterocycles. The van der Waals surface area contributed by atoms with Crippen LogP contribution in [0, 0.1) is 6.92 Å². The van der Waals surface area contributed by atoms with Crippen molar-refractivity contribution < 1.29 is 4.79 Å². The molecular formula is C28H32N4O. The number of carbonyl (C=O) groups is 1. The maximum atomic E-state index is 13.8. The number of hydrogen-bond donors (Lipinski definition) is 1. The van der Waals surface area contributed by atoms with Crippen molar-refractivity contribution in [3.05, 3.63) is 63.8 Å². The van der Waals surface area contributed by atoms with Crippen LogP contribution in [0.2, 0.25) is 0 Å². The molecule has 33 heavy (non-hydrogen) atoms. The molecular weight excluding hydrogens is 408 g/mol. The van der Waals surface area contributed by atoms with Crippen LogP contribution in [-0.2, 0) is 12.0 Å². The smallest absolute Gasteiger partial charge is 0.195 e. The van der Waals surface area contributed by atoms with Crippen molar-refractivity contribution in [3.63, 3.8) is 0 Å². The van der Waals surface area contributed by atoms with Crippen molar-refractivity contribution in [2.24, 2.45) is 4.99 Å². The van der Waals surface area contributed by atoms with E-state index in [1.54, 1.807) is 0 Å². The molecule has 1 aromatic heterocycles. The van der Waals surface area contributed by atoms with Crippen LogP contribution in [0.3, 0.4) is 0 Å². The van der Waals surface area contributed by atoms with E-state index < -0.39 is 0 Å². The number of aliphatic imine (C=N–C) groups is 1. The minimum atomic E-state index is -0.285. The topological polar surface area (TPSA) is 51.7 Å². The molecule has 5 nitrogen and oxygen atoms in total. The molecule has 0 amide bonds. The average molecular weight is 441 g/mol. The summed E-state index contributed by atoms with van der Waals surface area (Å²) in [6.07, 6.45) is 2.74. The highest BCUT2D eigenvalue weighted by atomic mass is 16.1. The van der Waals surface area contributed by atoms with Crippen molar-refractivity contribution >= 4 is 29.1 Å². The Kier molecular flexibility index (Phi) is 4.57. The Morgan fingerprint density at radius 2 is 1.88 bits per heavy atom. The largest absolute Gasteiger partial charge is 0.369 e. The van der Waals surface area contributed by atoms with E-state index in [-0.39, 0.29) is 11.2 Å². The molecule has 3 aliphatic rings. The fourth-order valence-corrected chi connectivity index (χ4v) is 5.96. The van der Waals surface area contributed by atoms with E-state index in [1.165, 1.54) is 24.1 Å². The van der Waals surface area contributed by atoms with Crippen LogP contribution in [0.1, 0.15) is 65.0 Å². The number of anilines is 1. The van der Waals surface area contributed by atoms with Gasteiger partial charge in [-0.05, 0) is 61.4 Å². The van der Waals surface area contributed by atoms with Gasteiger partial charge in [0.1, 0.15) is 0 Å². The Balaban J connectivity index is 1.42. The highest BCUT2D eigenvalue weighted by Gasteiger charge is 2.40. The summed E-state index contributed by atoms with van der Waals surface area (Å²) in [5, 5.41) is 1.000. The maximum absolute atomic E-state index is 13.8. The second-order valence-corrected chi connectivity index (χ2v) is 10.5. The second kappa shape index (κ2) is 7.29. The summed E-state index contributed by atoms with van der Waals surface area (Å²) in [7, 11) is 0. The molecule has 1 aliphatic heterocycles. The minimum absolute atomic E-state index is 0.133. The number of fused-ring (bicyclic) bond motifs is 4. The molecule has 1 N–H and O–H groups in total. The summed E-state index contributed by atoms with van der Waals surface area (Å²) in [5.74, 6) is 0.133. The van der Waals surface area contributed by atoms with Gasteiger partial charge in [-0.2, -0.15) is 0 Å². The Labute approximate surface area is 195 Å². The molecule has 170 valence electrons. The number of aromatic amines is 1. The van der Waals surface area contributed by atoms with Gasteiger partial charge in [0, 0.05) is 65.5 Å².